The van der Waals surface area contributed by atoms with Crippen LogP contribution in [0.15, 0.2) is 0 Å². The summed E-state index contributed by atoms with van der Waals surface area (Å²) in [6, 6.07) is 0. The lowest BCUT2D eigenvalue weighted by atomic mass is 9.84. The monoisotopic (exact) mass is 292 g/mol. The average Bonchev–Trinajstić information content (AvgIpc) is 3.18. The van der Waals surface area contributed by atoms with Crippen LogP contribution in [0.4, 0.5) is 0 Å². The van der Waals surface area contributed by atoms with Crippen molar-refractivity contribution in [1.29, 1.82) is 0 Å². The molecule has 2 aliphatic heterocycles. The molecule has 0 aromatic rings. The molecule has 1 unspecified atom stereocenters. The van der Waals surface area contributed by atoms with Crippen molar-refractivity contribution in [3.63, 3.8) is 0 Å². The molecule has 2 heterocycles. The number of piperidine rings is 1. The molecule has 0 aromatic heterocycles. The Balaban J connectivity index is 1.48. The van der Waals surface area contributed by atoms with Crippen LogP contribution in [0.3, 0.4) is 0 Å². The third-order valence-corrected chi connectivity index (χ3v) is 5.89. The molecular weight excluding hydrogens is 264 g/mol. The van der Waals surface area contributed by atoms with E-state index in [9.17, 15) is 9.59 Å². The standard InChI is InChI=1S/C17H28N2O2/c1-13(20)18-9-6-14(7-10-18)16-8-11-19(12-16)17(21)15-4-2-3-5-15/h14-16H,2-12H2,1H3. The largest absolute Gasteiger partial charge is 0.343 e. The second-order valence-electron chi connectivity index (χ2n) is 7.16. The highest BCUT2D eigenvalue weighted by Crippen LogP contribution is 2.34. The Morgan fingerprint density at radius 3 is 2.00 bits per heavy atom. The van der Waals surface area contributed by atoms with Gasteiger partial charge in [0.2, 0.25) is 11.8 Å². The van der Waals surface area contributed by atoms with Crippen molar-refractivity contribution >= 4 is 11.8 Å². The van der Waals surface area contributed by atoms with Gasteiger partial charge in [0.1, 0.15) is 0 Å². The summed E-state index contributed by atoms with van der Waals surface area (Å²) in [6.07, 6.45) is 8.09. The van der Waals surface area contributed by atoms with Crippen LogP contribution in [0.25, 0.3) is 0 Å². The Hall–Kier alpha value is -1.06. The molecule has 4 nitrogen and oxygen atoms in total. The van der Waals surface area contributed by atoms with Crippen molar-refractivity contribution in [3.8, 4) is 0 Å². The van der Waals surface area contributed by atoms with E-state index in [2.05, 4.69) is 4.90 Å². The van der Waals surface area contributed by atoms with Gasteiger partial charge in [-0.2, -0.15) is 0 Å². The highest BCUT2D eigenvalue weighted by molar-refractivity contribution is 5.79. The lowest BCUT2D eigenvalue weighted by molar-refractivity contribution is -0.134. The van der Waals surface area contributed by atoms with E-state index in [1.807, 2.05) is 4.90 Å². The Morgan fingerprint density at radius 2 is 1.38 bits per heavy atom. The molecule has 3 rings (SSSR count). The number of likely N-dealkylation sites (tertiary alicyclic amines) is 2. The van der Waals surface area contributed by atoms with Gasteiger partial charge in [0, 0.05) is 39.0 Å². The molecule has 0 N–H and O–H groups in total. The molecule has 3 aliphatic rings. The lowest BCUT2D eigenvalue weighted by Gasteiger charge is -2.34. The van der Waals surface area contributed by atoms with E-state index in [0.29, 0.717) is 23.7 Å². The number of nitrogens with zero attached hydrogens (tertiary/aromatic N) is 2. The predicted molar refractivity (Wildman–Crippen MR) is 81.6 cm³/mol. The molecule has 118 valence electrons. The van der Waals surface area contributed by atoms with Crippen molar-refractivity contribution < 1.29 is 9.59 Å². The van der Waals surface area contributed by atoms with Gasteiger partial charge in [0.05, 0.1) is 0 Å². The highest BCUT2D eigenvalue weighted by Gasteiger charge is 2.36. The van der Waals surface area contributed by atoms with Crippen LogP contribution in [-0.2, 0) is 9.59 Å². The molecular formula is C17H28N2O2. The van der Waals surface area contributed by atoms with E-state index in [-0.39, 0.29) is 5.91 Å². The van der Waals surface area contributed by atoms with Crippen molar-refractivity contribution in [1.82, 2.24) is 9.80 Å². The molecule has 2 amide bonds. The molecule has 21 heavy (non-hydrogen) atoms. The number of carbonyl (C=O) groups excluding carboxylic acids is 2. The van der Waals surface area contributed by atoms with Gasteiger partial charge in [-0.1, -0.05) is 12.8 Å². The number of rotatable bonds is 2. The summed E-state index contributed by atoms with van der Waals surface area (Å²) >= 11 is 0. The van der Waals surface area contributed by atoms with Crippen molar-refractivity contribution in [3.05, 3.63) is 0 Å². The van der Waals surface area contributed by atoms with Gasteiger partial charge >= 0.3 is 0 Å². The third kappa shape index (κ3) is 3.24. The highest BCUT2D eigenvalue weighted by atomic mass is 16.2. The zero-order valence-corrected chi connectivity index (χ0v) is 13.2. The Kier molecular flexibility index (Phi) is 4.51. The molecule has 0 bridgehead atoms. The molecule has 1 aliphatic carbocycles. The fourth-order valence-corrected chi connectivity index (χ4v) is 4.49. The fraction of sp³-hybridized carbons (Fsp3) is 0.882. The first-order valence-electron chi connectivity index (χ1n) is 8.69. The fourth-order valence-electron chi connectivity index (χ4n) is 4.49. The zero-order chi connectivity index (χ0) is 14.8. The molecule has 0 radical (unpaired) electrons. The summed E-state index contributed by atoms with van der Waals surface area (Å²) < 4.78 is 0. The molecule has 0 aromatic carbocycles. The van der Waals surface area contributed by atoms with Gasteiger partial charge in [0.25, 0.3) is 0 Å². The molecule has 3 fully saturated rings. The first kappa shape index (κ1) is 14.9. The minimum absolute atomic E-state index is 0.206. The second-order valence-corrected chi connectivity index (χ2v) is 7.16. The van der Waals surface area contributed by atoms with E-state index in [4.69, 9.17) is 0 Å². The molecule has 2 saturated heterocycles. The topological polar surface area (TPSA) is 40.6 Å². The van der Waals surface area contributed by atoms with Gasteiger partial charge < -0.3 is 9.80 Å². The zero-order valence-electron chi connectivity index (χ0n) is 13.2. The van der Waals surface area contributed by atoms with Gasteiger partial charge in [-0.25, -0.2) is 0 Å². The summed E-state index contributed by atoms with van der Waals surface area (Å²) in [5.74, 6) is 2.34. The average molecular weight is 292 g/mol. The maximum Gasteiger partial charge on any atom is 0.225 e. The Bertz CT molecular complexity index is 396. The summed E-state index contributed by atoms with van der Waals surface area (Å²) in [4.78, 5) is 28.0. The Morgan fingerprint density at radius 1 is 0.810 bits per heavy atom. The van der Waals surface area contributed by atoms with Crippen molar-refractivity contribution in [2.24, 2.45) is 17.8 Å². The predicted octanol–water partition coefficient (Wildman–Crippen LogP) is 2.28. The van der Waals surface area contributed by atoms with Gasteiger partial charge in [-0.05, 0) is 43.9 Å². The van der Waals surface area contributed by atoms with Crippen molar-refractivity contribution in [2.45, 2.75) is 51.9 Å². The van der Waals surface area contributed by atoms with Crippen LogP contribution in [-0.4, -0.2) is 47.8 Å². The first-order valence-corrected chi connectivity index (χ1v) is 8.69. The SMILES string of the molecule is CC(=O)N1CCC(C2CCN(C(=O)C3CCCC3)C2)CC1. The summed E-state index contributed by atoms with van der Waals surface area (Å²) in [7, 11) is 0. The van der Waals surface area contributed by atoms with Crippen molar-refractivity contribution in [2.75, 3.05) is 26.2 Å². The Labute approximate surface area is 127 Å². The normalized spacial score (nSPS) is 28.3. The van der Waals surface area contributed by atoms with Crippen LogP contribution in [0.1, 0.15) is 51.9 Å². The smallest absolute Gasteiger partial charge is 0.225 e. The van der Waals surface area contributed by atoms with E-state index in [1.54, 1.807) is 6.92 Å². The first-order chi connectivity index (χ1) is 10.1. The van der Waals surface area contributed by atoms with Gasteiger partial charge in [0.15, 0.2) is 0 Å². The van der Waals surface area contributed by atoms with Crippen LogP contribution < -0.4 is 0 Å². The molecule has 1 saturated carbocycles. The van der Waals surface area contributed by atoms with Gasteiger partial charge in [-0.3, -0.25) is 9.59 Å². The maximum absolute atomic E-state index is 12.5. The lowest BCUT2D eigenvalue weighted by Crippen LogP contribution is -2.40. The summed E-state index contributed by atoms with van der Waals surface area (Å²) in [5.41, 5.74) is 0. The van der Waals surface area contributed by atoms with Crippen LogP contribution >= 0.6 is 0 Å². The number of hydrogen-bond donors (Lipinski definition) is 0. The maximum atomic E-state index is 12.5. The van der Waals surface area contributed by atoms with Crippen LogP contribution in [0.2, 0.25) is 0 Å². The summed E-state index contributed by atoms with van der Waals surface area (Å²) in [5, 5.41) is 0. The molecule has 4 heteroatoms. The summed E-state index contributed by atoms with van der Waals surface area (Å²) in [6.45, 7) is 5.42. The minimum Gasteiger partial charge on any atom is -0.343 e. The number of carbonyl (C=O) groups is 2. The number of hydrogen-bond acceptors (Lipinski definition) is 2. The number of amides is 2. The second kappa shape index (κ2) is 6.37. The van der Waals surface area contributed by atoms with Gasteiger partial charge in [-0.15, -0.1) is 0 Å². The minimum atomic E-state index is 0.206. The van der Waals surface area contributed by atoms with Crippen LogP contribution in [0, 0.1) is 17.8 Å². The van der Waals surface area contributed by atoms with E-state index in [1.165, 1.54) is 19.3 Å². The van der Waals surface area contributed by atoms with E-state index >= 15 is 0 Å². The van der Waals surface area contributed by atoms with Crippen LogP contribution in [0.5, 0.6) is 0 Å². The molecule has 0 spiro atoms. The third-order valence-electron chi connectivity index (χ3n) is 5.89. The quantitative estimate of drug-likeness (QED) is 0.783. The molecule has 1 atom stereocenters. The van der Waals surface area contributed by atoms with E-state index in [0.717, 1.165) is 51.9 Å². The van der Waals surface area contributed by atoms with E-state index < -0.39 is 0 Å².